The number of hydrogen-bond donors (Lipinski definition) is 1. The molecule has 1 unspecified atom stereocenters. The van der Waals surface area contributed by atoms with Gasteiger partial charge in [0, 0.05) is 26.2 Å². The Labute approximate surface area is 104 Å². The molecule has 1 aromatic rings. The van der Waals surface area contributed by atoms with E-state index in [1.807, 2.05) is 0 Å². The Bertz CT molecular complexity index is 309. The SMILES string of the molecule is CN(CCC1CNCCO1)Cc1ccccc1. The molecule has 1 N–H and O–H groups in total. The molecule has 1 aliphatic rings. The third-order valence-electron chi connectivity index (χ3n) is 3.13. The van der Waals surface area contributed by atoms with Gasteiger partial charge >= 0.3 is 0 Å². The van der Waals surface area contributed by atoms with Crippen LogP contribution in [0.25, 0.3) is 0 Å². The van der Waals surface area contributed by atoms with Crippen LogP contribution in [-0.2, 0) is 11.3 Å². The number of benzene rings is 1. The zero-order valence-corrected chi connectivity index (χ0v) is 10.6. The van der Waals surface area contributed by atoms with E-state index in [0.717, 1.165) is 39.2 Å². The van der Waals surface area contributed by atoms with Gasteiger partial charge in [-0.15, -0.1) is 0 Å². The minimum atomic E-state index is 0.391. The summed E-state index contributed by atoms with van der Waals surface area (Å²) in [5, 5.41) is 3.36. The van der Waals surface area contributed by atoms with Crippen LogP contribution >= 0.6 is 0 Å². The van der Waals surface area contributed by atoms with Crippen molar-refractivity contribution in [2.45, 2.75) is 19.1 Å². The topological polar surface area (TPSA) is 24.5 Å². The molecule has 94 valence electrons. The van der Waals surface area contributed by atoms with Crippen molar-refractivity contribution in [3.63, 3.8) is 0 Å². The first-order valence-corrected chi connectivity index (χ1v) is 6.39. The number of rotatable bonds is 5. The van der Waals surface area contributed by atoms with E-state index in [0.29, 0.717) is 6.10 Å². The zero-order valence-electron chi connectivity index (χ0n) is 10.6. The third-order valence-corrected chi connectivity index (χ3v) is 3.13. The van der Waals surface area contributed by atoms with Gasteiger partial charge in [0.15, 0.2) is 0 Å². The van der Waals surface area contributed by atoms with E-state index < -0.39 is 0 Å². The Morgan fingerprint density at radius 3 is 2.88 bits per heavy atom. The summed E-state index contributed by atoms with van der Waals surface area (Å²) in [6, 6.07) is 10.6. The van der Waals surface area contributed by atoms with Crippen LogP contribution in [0.3, 0.4) is 0 Å². The van der Waals surface area contributed by atoms with Crippen LogP contribution in [0.15, 0.2) is 30.3 Å². The van der Waals surface area contributed by atoms with Crippen molar-refractivity contribution in [2.24, 2.45) is 0 Å². The van der Waals surface area contributed by atoms with Crippen LogP contribution in [0.1, 0.15) is 12.0 Å². The summed E-state index contributed by atoms with van der Waals surface area (Å²) in [5.41, 5.74) is 1.37. The van der Waals surface area contributed by atoms with Crippen molar-refractivity contribution >= 4 is 0 Å². The minimum Gasteiger partial charge on any atom is -0.376 e. The first kappa shape index (κ1) is 12.6. The highest BCUT2D eigenvalue weighted by Crippen LogP contribution is 2.06. The van der Waals surface area contributed by atoms with Crippen molar-refractivity contribution in [3.8, 4) is 0 Å². The van der Waals surface area contributed by atoms with Crippen molar-refractivity contribution in [1.82, 2.24) is 10.2 Å². The van der Waals surface area contributed by atoms with Crippen LogP contribution in [0.2, 0.25) is 0 Å². The van der Waals surface area contributed by atoms with Crippen molar-refractivity contribution in [1.29, 1.82) is 0 Å². The number of hydrogen-bond acceptors (Lipinski definition) is 3. The van der Waals surface area contributed by atoms with E-state index in [2.05, 4.69) is 47.6 Å². The van der Waals surface area contributed by atoms with Gasteiger partial charge in [0.25, 0.3) is 0 Å². The fourth-order valence-corrected chi connectivity index (χ4v) is 2.14. The van der Waals surface area contributed by atoms with Gasteiger partial charge in [0.05, 0.1) is 12.7 Å². The van der Waals surface area contributed by atoms with E-state index in [-0.39, 0.29) is 0 Å². The lowest BCUT2D eigenvalue weighted by molar-refractivity contribution is 0.0184. The maximum absolute atomic E-state index is 5.69. The molecule has 3 nitrogen and oxygen atoms in total. The second-order valence-corrected chi connectivity index (χ2v) is 4.71. The van der Waals surface area contributed by atoms with Gasteiger partial charge in [0.2, 0.25) is 0 Å². The second-order valence-electron chi connectivity index (χ2n) is 4.71. The Morgan fingerprint density at radius 2 is 2.18 bits per heavy atom. The molecule has 0 radical (unpaired) electrons. The maximum atomic E-state index is 5.69. The molecule has 3 heteroatoms. The highest BCUT2D eigenvalue weighted by atomic mass is 16.5. The summed E-state index contributed by atoms with van der Waals surface area (Å²) < 4.78 is 5.69. The molecule has 0 amide bonds. The van der Waals surface area contributed by atoms with Gasteiger partial charge in [0.1, 0.15) is 0 Å². The summed E-state index contributed by atoms with van der Waals surface area (Å²) in [6.07, 6.45) is 1.50. The van der Waals surface area contributed by atoms with Crippen LogP contribution in [0.5, 0.6) is 0 Å². The monoisotopic (exact) mass is 234 g/mol. The second kappa shape index (κ2) is 6.74. The summed E-state index contributed by atoms with van der Waals surface area (Å²) in [6.45, 7) is 4.95. The van der Waals surface area contributed by atoms with E-state index >= 15 is 0 Å². The average Bonchev–Trinajstić information content (AvgIpc) is 2.39. The summed E-state index contributed by atoms with van der Waals surface area (Å²) in [5.74, 6) is 0. The van der Waals surface area contributed by atoms with Crippen molar-refractivity contribution in [3.05, 3.63) is 35.9 Å². The van der Waals surface area contributed by atoms with Gasteiger partial charge in [-0.3, -0.25) is 0 Å². The normalized spacial score (nSPS) is 20.7. The molecule has 17 heavy (non-hydrogen) atoms. The highest BCUT2D eigenvalue weighted by molar-refractivity contribution is 5.14. The predicted octanol–water partition coefficient (Wildman–Crippen LogP) is 1.50. The molecule has 1 atom stereocenters. The first-order chi connectivity index (χ1) is 8.34. The van der Waals surface area contributed by atoms with E-state index in [4.69, 9.17) is 4.74 Å². The molecule has 1 fully saturated rings. The summed E-state index contributed by atoms with van der Waals surface area (Å²) in [7, 11) is 2.17. The van der Waals surface area contributed by atoms with Crippen molar-refractivity contribution < 1.29 is 4.74 Å². The Hall–Kier alpha value is -0.900. The number of nitrogens with one attached hydrogen (secondary N) is 1. The van der Waals surface area contributed by atoms with Gasteiger partial charge in [-0.1, -0.05) is 30.3 Å². The standard InChI is InChI=1S/C14H22N2O/c1-16(12-13-5-3-2-4-6-13)9-7-14-11-15-8-10-17-14/h2-6,14-15H,7-12H2,1H3. The molecule has 2 rings (SSSR count). The number of ether oxygens (including phenoxy) is 1. The van der Waals surface area contributed by atoms with Gasteiger partial charge in [-0.05, 0) is 19.0 Å². The van der Waals surface area contributed by atoms with E-state index in [1.54, 1.807) is 0 Å². The Kier molecular flexibility index (Phi) is 4.98. The summed E-state index contributed by atoms with van der Waals surface area (Å²) in [4.78, 5) is 2.35. The van der Waals surface area contributed by atoms with Crippen LogP contribution in [-0.4, -0.2) is 44.3 Å². The van der Waals surface area contributed by atoms with Crippen LogP contribution in [0, 0.1) is 0 Å². The van der Waals surface area contributed by atoms with Crippen LogP contribution < -0.4 is 5.32 Å². The number of nitrogens with zero attached hydrogens (tertiary/aromatic N) is 1. The Balaban J connectivity index is 1.68. The van der Waals surface area contributed by atoms with Crippen LogP contribution in [0.4, 0.5) is 0 Å². The predicted molar refractivity (Wildman–Crippen MR) is 70.0 cm³/mol. The van der Waals surface area contributed by atoms with E-state index in [1.165, 1.54) is 5.56 Å². The molecule has 0 bridgehead atoms. The van der Waals surface area contributed by atoms with Crippen molar-refractivity contribution in [2.75, 3.05) is 33.3 Å². The zero-order chi connectivity index (χ0) is 11.9. The lowest BCUT2D eigenvalue weighted by Gasteiger charge is -2.25. The number of morpholine rings is 1. The molecule has 0 aromatic heterocycles. The average molecular weight is 234 g/mol. The molecule has 1 aliphatic heterocycles. The van der Waals surface area contributed by atoms with E-state index in [9.17, 15) is 0 Å². The fraction of sp³-hybridized carbons (Fsp3) is 0.571. The summed E-state index contributed by atoms with van der Waals surface area (Å²) >= 11 is 0. The molecule has 1 saturated heterocycles. The fourth-order valence-electron chi connectivity index (χ4n) is 2.14. The lowest BCUT2D eigenvalue weighted by atomic mass is 10.2. The van der Waals surface area contributed by atoms with Gasteiger partial charge < -0.3 is 15.0 Å². The van der Waals surface area contributed by atoms with Gasteiger partial charge in [-0.25, -0.2) is 0 Å². The van der Waals surface area contributed by atoms with Gasteiger partial charge in [-0.2, -0.15) is 0 Å². The molecule has 1 aromatic carbocycles. The maximum Gasteiger partial charge on any atom is 0.0712 e. The lowest BCUT2D eigenvalue weighted by Crippen LogP contribution is -2.40. The molecule has 0 aliphatic carbocycles. The Morgan fingerprint density at radius 1 is 1.35 bits per heavy atom. The molecular formula is C14H22N2O. The highest BCUT2D eigenvalue weighted by Gasteiger charge is 2.13. The quantitative estimate of drug-likeness (QED) is 0.835. The molecule has 1 heterocycles. The molecule has 0 spiro atoms. The first-order valence-electron chi connectivity index (χ1n) is 6.39. The minimum absolute atomic E-state index is 0.391. The smallest absolute Gasteiger partial charge is 0.0712 e. The third kappa shape index (κ3) is 4.46. The largest absolute Gasteiger partial charge is 0.376 e. The molecule has 0 saturated carbocycles. The molecular weight excluding hydrogens is 212 g/mol.